The number of hydrogen-bond donors (Lipinski definition) is 2. The summed E-state index contributed by atoms with van der Waals surface area (Å²) >= 11 is 1.97. The van der Waals surface area contributed by atoms with E-state index >= 15 is 0 Å². The number of nitro benzene ring substituents is 1. The van der Waals surface area contributed by atoms with E-state index in [-0.39, 0.29) is 16.7 Å². The fraction of sp³-hybridized carbons (Fsp3) is 0.455. The van der Waals surface area contributed by atoms with Crippen molar-refractivity contribution in [1.29, 1.82) is 0 Å². The second kappa shape index (κ2) is 5.18. The highest BCUT2D eigenvalue weighted by molar-refractivity contribution is 14.1. The summed E-state index contributed by atoms with van der Waals surface area (Å²) in [5.74, 6) is 0.652. The lowest BCUT2D eigenvalue weighted by molar-refractivity contribution is -0.385. The van der Waals surface area contributed by atoms with Gasteiger partial charge in [-0.25, -0.2) is 0 Å². The number of nitrogens with zero attached hydrogens (tertiary/aromatic N) is 1. The molecule has 6 heteroatoms. The van der Waals surface area contributed by atoms with Gasteiger partial charge in [-0.2, -0.15) is 0 Å². The standard InChI is InChI=1S/C11H14IN3O2/c12-9-5-8(3-4-11(9)15(16)17)14-6-10(13)7-1-2-7/h3-5,7,10,14H,1-2,6,13H2. The van der Waals surface area contributed by atoms with Crippen molar-refractivity contribution in [2.45, 2.75) is 18.9 Å². The summed E-state index contributed by atoms with van der Waals surface area (Å²) in [6.07, 6.45) is 2.45. The van der Waals surface area contributed by atoms with Crippen molar-refractivity contribution in [3.05, 3.63) is 31.9 Å². The third-order valence-corrected chi connectivity index (χ3v) is 3.78. The highest BCUT2D eigenvalue weighted by Crippen LogP contribution is 2.31. The summed E-state index contributed by atoms with van der Waals surface area (Å²) in [6, 6.07) is 5.20. The summed E-state index contributed by atoms with van der Waals surface area (Å²) in [5.41, 5.74) is 7.00. The Morgan fingerprint density at radius 3 is 2.82 bits per heavy atom. The van der Waals surface area contributed by atoms with Gasteiger partial charge >= 0.3 is 0 Å². The van der Waals surface area contributed by atoms with Crippen LogP contribution >= 0.6 is 22.6 Å². The molecular weight excluding hydrogens is 333 g/mol. The first-order chi connectivity index (χ1) is 8.08. The lowest BCUT2D eigenvalue weighted by atomic mass is 10.2. The summed E-state index contributed by atoms with van der Waals surface area (Å²) in [6.45, 7) is 0.721. The number of nitrogens with two attached hydrogens (primary N) is 1. The number of nitrogens with one attached hydrogen (secondary N) is 1. The molecule has 0 saturated heterocycles. The van der Waals surface area contributed by atoms with Crippen molar-refractivity contribution in [3.8, 4) is 0 Å². The van der Waals surface area contributed by atoms with E-state index < -0.39 is 0 Å². The molecule has 0 aliphatic heterocycles. The van der Waals surface area contributed by atoms with Crippen LogP contribution in [-0.4, -0.2) is 17.5 Å². The summed E-state index contributed by atoms with van der Waals surface area (Å²) < 4.78 is 0.637. The van der Waals surface area contributed by atoms with Crippen LogP contribution in [0.15, 0.2) is 18.2 Å². The van der Waals surface area contributed by atoms with Gasteiger partial charge in [-0.05, 0) is 53.5 Å². The van der Waals surface area contributed by atoms with E-state index in [1.54, 1.807) is 12.1 Å². The van der Waals surface area contributed by atoms with Crippen molar-refractivity contribution >= 4 is 34.0 Å². The van der Waals surface area contributed by atoms with E-state index in [1.807, 2.05) is 22.6 Å². The molecular formula is C11H14IN3O2. The van der Waals surface area contributed by atoms with Crippen LogP contribution in [0.1, 0.15) is 12.8 Å². The zero-order valence-electron chi connectivity index (χ0n) is 9.23. The molecule has 2 rings (SSSR count). The number of benzene rings is 1. The summed E-state index contributed by atoms with van der Waals surface area (Å²) in [5, 5.41) is 13.9. The van der Waals surface area contributed by atoms with Gasteiger partial charge < -0.3 is 11.1 Å². The van der Waals surface area contributed by atoms with E-state index in [0.29, 0.717) is 9.49 Å². The van der Waals surface area contributed by atoms with E-state index in [2.05, 4.69) is 5.32 Å². The fourth-order valence-electron chi connectivity index (χ4n) is 1.69. The summed E-state index contributed by atoms with van der Waals surface area (Å²) in [7, 11) is 0. The fourth-order valence-corrected chi connectivity index (χ4v) is 2.40. The van der Waals surface area contributed by atoms with Crippen molar-refractivity contribution in [2.75, 3.05) is 11.9 Å². The maximum absolute atomic E-state index is 10.7. The number of rotatable bonds is 5. The van der Waals surface area contributed by atoms with Crippen molar-refractivity contribution in [3.63, 3.8) is 0 Å². The highest BCUT2D eigenvalue weighted by atomic mass is 127. The molecule has 0 radical (unpaired) electrons. The Bertz CT molecular complexity index is 435. The predicted molar refractivity (Wildman–Crippen MR) is 75.0 cm³/mol. The van der Waals surface area contributed by atoms with E-state index in [0.717, 1.165) is 12.2 Å². The first-order valence-corrected chi connectivity index (χ1v) is 6.59. The van der Waals surface area contributed by atoms with Crippen LogP contribution in [0.5, 0.6) is 0 Å². The van der Waals surface area contributed by atoms with Crippen LogP contribution in [0.3, 0.4) is 0 Å². The van der Waals surface area contributed by atoms with Gasteiger partial charge in [0, 0.05) is 24.3 Å². The molecule has 1 aliphatic carbocycles. The molecule has 0 aromatic heterocycles. The van der Waals surface area contributed by atoms with Gasteiger partial charge in [0.1, 0.15) is 0 Å². The molecule has 1 atom stereocenters. The Kier molecular flexibility index (Phi) is 3.82. The highest BCUT2D eigenvalue weighted by Gasteiger charge is 2.28. The Hall–Kier alpha value is -0.890. The molecule has 0 amide bonds. The Labute approximate surface area is 113 Å². The Balaban J connectivity index is 1.97. The van der Waals surface area contributed by atoms with Crippen molar-refractivity contribution in [1.82, 2.24) is 0 Å². The monoisotopic (exact) mass is 347 g/mol. The topological polar surface area (TPSA) is 81.2 Å². The first-order valence-electron chi connectivity index (χ1n) is 5.51. The quantitative estimate of drug-likeness (QED) is 0.487. The number of hydrogen-bond acceptors (Lipinski definition) is 4. The number of halogens is 1. The van der Waals surface area contributed by atoms with Crippen LogP contribution in [0, 0.1) is 19.6 Å². The van der Waals surface area contributed by atoms with E-state index in [1.165, 1.54) is 18.9 Å². The summed E-state index contributed by atoms with van der Waals surface area (Å²) in [4.78, 5) is 10.3. The molecule has 1 fully saturated rings. The predicted octanol–water partition coefficient (Wildman–Crippen LogP) is 2.35. The van der Waals surface area contributed by atoms with E-state index in [9.17, 15) is 10.1 Å². The first kappa shape index (κ1) is 12.6. The third kappa shape index (κ3) is 3.29. The van der Waals surface area contributed by atoms with Crippen LogP contribution in [0.2, 0.25) is 0 Å². The molecule has 92 valence electrons. The molecule has 1 aliphatic rings. The molecule has 3 N–H and O–H groups in total. The van der Waals surface area contributed by atoms with Crippen LogP contribution in [0.25, 0.3) is 0 Å². The molecule has 1 saturated carbocycles. The lowest BCUT2D eigenvalue weighted by Gasteiger charge is -2.12. The van der Waals surface area contributed by atoms with Crippen LogP contribution in [-0.2, 0) is 0 Å². The Morgan fingerprint density at radius 1 is 1.59 bits per heavy atom. The second-order valence-electron chi connectivity index (χ2n) is 4.31. The minimum absolute atomic E-state index is 0.141. The van der Waals surface area contributed by atoms with Crippen molar-refractivity contribution in [2.24, 2.45) is 11.7 Å². The average Bonchev–Trinajstić information content (AvgIpc) is 3.09. The van der Waals surface area contributed by atoms with Crippen molar-refractivity contribution < 1.29 is 4.92 Å². The zero-order valence-corrected chi connectivity index (χ0v) is 11.4. The molecule has 0 spiro atoms. The van der Waals surface area contributed by atoms with Gasteiger partial charge in [-0.3, -0.25) is 10.1 Å². The SMILES string of the molecule is NC(CNc1ccc([N+](=O)[O-])c(I)c1)C1CC1. The van der Waals surface area contributed by atoms with Crippen LogP contribution < -0.4 is 11.1 Å². The van der Waals surface area contributed by atoms with Gasteiger partial charge in [0.25, 0.3) is 5.69 Å². The second-order valence-corrected chi connectivity index (χ2v) is 5.47. The third-order valence-electron chi connectivity index (χ3n) is 2.91. The lowest BCUT2D eigenvalue weighted by Crippen LogP contribution is -2.31. The smallest absolute Gasteiger partial charge is 0.282 e. The van der Waals surface area contributed by atoms with Gasteiger partial charge in [-0.1, -0.05) is 0 Å². The largest absolute Gasteiger partial charge is 0.383 e. The molecule has 1 unspecified atom stereocenters. The van der Waals surface area contributed by atoms with Gasteiger partial charge in [0.2, 0.25) is 0 Å². The normalized spacial score (nSPS) is 16.6. The Morgan fingerprint density at radius 2 is 2.29 bits per heavy atom. The minimum atomic E-state index is -0.374. The molecule has 17 heavy (non-hydrogen) atoms. The molecule has 5 nitrogen and oxygen atoms in total. The molecule has 0 bridgehead atoms. The maximum atomic E-state index is 10.7. The molecule has 1 aromatic rings. The zero-order chi connectivity index (χ0) is 12.4. The number of nitro groups is 1. The van der Waals surface area contributed by atoms with Gasteiger partial charge in [0.05, 0.1) is 8.49 Å². The van der Waals surface area contributed by atoms with Gasteiger partial charge in [-0.15, -0.1) is 0 Å². The van der Waals surface area contributed by atoms with E-state index in [4.69, 9.17) is 5.73 Å². The average molecular weight is 347 g/mol. The molecule has 0 heterocycles. The van der Waals surface area contributed by atoms with Crippen LogP contribution in [0.4, 0.5) is 11.4 Å². The van der Waals surface area contributed by atoms with Gasteiger partial charge in [0.15, 0.2) is 0 Å². The molecule has 1 aromatic carbocycles. The minimum Gasteiger partial charge on any atom is -0.383 e. The maximum Gasteiger partial charge on any atom is 0.282 e. The number of anilines is 1.